The van der Waals surface area contributed by atoms with E-state index in [1.807, 2.05) is 61.5 Å². The van der Waals surface area contributed by atoms with Gasteiger partial charge in [-0.25, -0.2) is 0 Å². The summed E-state index contributed by atoms with van der Waals surface area (Å²) in [5.74, 6) is 1.77. The van der Waals surface area contributed by atoms with Gasteiger partial charge in [0.05, 0.1) is 25.7 Å². The molecule has 0 aromatic heterocycles. The zero-order chi connectivity index (χ0) is 32.3. The minimum absolute atomic E-state index is 0.128. The summed E-state index contributed by atoms with van der Waals surface area (Å²) in [7, 11) is 0. The van der Waals surface area contributed by atoms with Crippen LogP contribution >= 0.6 is 23.2 Å². The number of rotatable bonds is 11. The number of amidine groups is 2. The highest BCUT2D eigenvalue weighted by atomic mass is 35.5. The summed E-state index contributed by atoms with van der Waals surface area (Å²) < 4.78 is 0. The second kappa shape index (κ2) is 16.5. The topological polar surface area (TPSA) is 43.2 Å². The van der Waals surface area contributed by atoms with Crippen LogP contribution in [0.4, 0.5) is 0 Å². The van der Waals surface area contributed by atoms with Crippen LogP contribution in [0.2, 0.25) is 10.0 Å². The van der Waals surface area contributed by atoms with Crippen molar-refractivity contribution < 1.29 is 0 Å². The molecule has 0 aliphatic carbocycles. The molecule has 7 heteroatoms. The van der Waals surface area contributed by atoms with E-state index in [4.69, 9.17) is 33.2 Å². The van der Waals surface area contributed by atoms with Crippen molar-refractivity contribution in [3.8, 4) is 0 Å². The SMILES string of the molecule is C=C/C=C\C=C1/CN=C(CN2CCN(C(c3ccc(Cl)cc3)c3ccc(Cl)cc3)CC2)NC1=NCC(=C)c1ccccc1/C=C\C. The van der Waals surface area contributed by atoms with Crippen LogP contribution in [0, 0.1) is 0 Å². The fourth-order valence-electron chi connectivity index (χ4n) is 5.82. The van der Waals surface area contributed by atoms with Gasteiger partial charge in [0.25, 0.3) is 0 Å². The van der Waals surface area contributed by atoms with E-state index in [0.717, 1.165) is 76.7 Å². The van der Waals surface area contributed by atoms with Gasteiger partial charge in [-0.05, 0) is 59.0 Å². The number of nitrogens with one attached hydrogen (secondary N) is 1. The highest BCUT2D eigenvalue weighted by molar-refractivity contribution is 6.30. The van der Waals surface area contributed by atoms with Gasteiger partial charge in [0, 0.05) is 41.8 Å². The Balaban J connectivity index is 1.27. The normalized spacial score (nSPS) is 18.0. The van der Waals surface area contributed by atoms with Gasteiger partial charge in [-0.3, -0.25) is 19.8 Å². The van der Waals surface area contributed by atoms with Crippen LogP contribution in [-0.4, -0.2) is 67.3 Å². The summed E-state index contributed by atoms with van der Waals surface area (Å²) in [5, 5.41) is 5.04. The van der Waals surface area contributed by atoms with Crippen molar-refractivity contribution in [3.63, 3.8) is 0 Å². The number of nitrogens with zero attached hydrogens (tertiary/aromatic N) is 4. The Morgan fingerprint density at radius 2 is 1.59 bits per heavy atom. The number of aliphatic imine (C=N–C) groups is 2. The number of hydrogen-bond donors (Lipinski definition) is 1. The van der Waals surface area contributed by atoms with Crippen molar-refractivity contribution in [2.24, 2.45) is 9.98 Å². The maximum Gasteiger partial charge on any atom is 0.131 e. The molecular formula is C39H41Cl2N5. The van der Waals surface area contributed by atoms with Crippen molar-refractivity contribution >= 4 is 46.5 Å². The van der Waals surface area contributed by atoms with Crippen LogP contribution < -0.4 is 5.32 Å². The van der Waals surface area contributed by atoms with E-state index in [2.05, 4.69) is 76.8 Å². The van der Waals surface area contributed by atoms with E-state index in [1.165, 1.54) is 11.1 Å². The first-order valence-electron chi connectivity index (χ1n) is 15.7. The largest absolute Gasteiger partial charge is 0.328 e. The molecule has 0 unspecified atom stereocenters. The van der Waals surface area contributed by atoms with Crippen LogP contribution in [-0.2, 0) is 0 Å². The Hall–Kier alpha value is -4.00. The molecule has 0 bridgehead atoms. The van der Waals surface area contributed by atoms with Gasteiger partial charge >= 0.3 is 0 Å². The Morgan fingerprint density at radius 1 is 0.935 bits per heavy atom. The predicted molar refractivity (Wildman–Crippen MR) is 198 cm³/mol. The molecule has 0 atom stereocenters. The molecule has 1 fully saturated rings. The average Bonchev–Trinajstić information content (AvgIpc) is 3.07. The lowest BCUT2D eigenvalue weighted by molar-refractivity contribution is 0.120. The molecule has 2 heterocycles. The summed E-state index contributed by atoms with van der Waals surface area (Å²) >= 11 is 12.5. The molecule has 2 aliphatic heterocycles. The molecular weight excluding hydrogens is 609 g/mol. The second-order valence-corrected chi connectivity index (χ2v) is 12.2. The molecule has 1 saturated heterocycles. The number of benzene rings is 3. The monoisotopic (exact) mass is 649 g/mol. The van der Waals surface area contributed by atoms with Crippen LogP contribution in [0.1, 0.15) is 35.2 Å². The zero-order valence-corrected chi connectivity index (χ0v) is 27.9. The quantitative estimate of drug-likeness (QED) is 0.212. The number of allylic oxidation sites excluding steroid dienone is 5. The minimum Gasteiger partial charge on any atom is -0.328 e. The maximum atomic E-state index is 6.23. The number of halogens is 2. The molecule has 236 valence electrons. The zero-order valence-electron chi connectivity index (χ0n) is 26.4. The van der Waals surface area contributed by atoms with Crippen molar-refractivity contribution in [1.29, 1.82) is 0 Å². The van der Waals surface area contributed by atoms with Gasteiger partial charge in [0.2, 0.25) is 0 Å². The first kappa shape index (κ1) is 33.4. The molecule has 0 spiro atoms. The Bertz CT molecular complexity index is 1610. The maximum absolute atomic E-state index is 6.23. The average molecular weight is 651 g/mol. The summed E-state index contributed by atoms with van der Waals surface area (Å²) in [4.78, 5) is 14.9. The van der Waals surface area contributed by atoms with Gasteiger partial charge in [0.15, 0.2) is 0 Å². The first-order valence-corrected chi connectivity index (χ1v) is 16.4. The van der Waals surface area contributed by atoms with Gasteiger partial charge in [-0.1, -0.05) is 121 Å². The third-order valence-corrected chi connectivity index (χ3v) is 8.69. The molecule has 0 amide bonds. The highest BCUT2D eigenvalue weighted by Crippen LogP contribution is 2.31. The van der Waals surface area contributed by atoms with Gasteiger partial charge in [0.1, 0.15) is 11.7 Å². The molecule has 0 saturated carbocycles. The molecule has 2 aliphatic rings. The minimum atomic E-state index is 0.128. The molecule has 5 nitrogen and oxygen atoms in total. The van der Waals surface area contributed by atoms with Gasteiger partial charge in [-0.2, -0.15) is 0 Å². The fraction of sp³-hybridized carbons (Fsp3) is 0.231. The van der Waals surface area contributed by atoms with E-state index in [1.54, 1.807) is 6.08 Å². The molecule has 46 heavy (non-hydrogen) atoms. The first-order chi connectivity index (χ1) is 22.4. The standard InChI is InChI=1S/C39H41Cl2N5/c1-4-6-7-12-33-27-42-37(44-39(33)43-26-29(3)36-13-9-8-11-30(36)10-5-2)28-45-22-24-46(25-23-45)38(31-14-18-34(40)19-15-31)32-16-20-35(41)21-17-32/h4-21,38H,1,3,22-28H2,2H3,(H,42,43,44)/b7-6-,10-5-,33-12+. The lowest BCUT2D eigenvalue weighted by atomic mass is 9.96. The van der Waals surface area contributed by atoms with Crippen molar-refractivity contribution in [2.75, 3.05) is 45.8 Å². The Kier molecular flexibility index (Phi) is 12.0. The summed E-state index contributed by atoms with van der Waals surface area (Å²) in [6, 6.07) is 24.8. The van der Waals surface area contributed by atoms with Crippen molar-refractivity contribution in [2.45, 2.75) is 13.0 Å². The van der Waals surface area contributed by atoms with Crippen LogP contribution in [0.3, 0.4) is 0 Å². The van der Waals surface area contributed by atoms with Crippen LogP contribution in [0.15, 0.2) is 132 Å². The fourth-order valence-corrected chi connectivity index (χ4v) is 6.08. The molecule has 5 rings (SSSR count). The lowest BCUT2D eigenvalue weighted by Gasteiger charge is -2.40. The highest BCUT2D eigenvalue weighted by Gasteiger charge is 2.28. The van der Waals surface area contributed by atoms with E-state index in [-0.39, 0.29) is 6.04 Å². The summed E-state index contributed by atoms with van der Waals surface area (Å²) in [5.41, 5.74) is 6.71. The summed E-state index contributed by atoms with van der Waals surface area (Å²) in [6.07, 6.45) is 11.9. The molecule has 3 aromatic rings. The van der Waals surface area contributed by atoms with E-state index < -0.39 is 0 Å². The third kappa shape index (κ3) is 8.83. The van der Waals surface area contributed by atoms with Crippen molar-refractivity contribution in [3.05, 3.63) is 154 Å². The lowest BCUT2D eigenvalue weighted by Crippen LogP contribution is -2.51. The van der Waals surface area contributed by atoms with Gasteiger partial charge < -0.3 is 5.32 Å². The summed E-state index contributed by atoms with van der Waals surface area (Å²) in [6.45, 7) is 15.7. The van der Waals surface area contributed by atoms with Crippen LogP contribution in [0.5, 0.6) is 0 Å². The third-order valence-electron chi connectivity index (χ3n) is 8.18. The number of piperazine rings is 1. The predicted octanol–water partition coefficient (Wildman–Crippen LogP) is 8.52. The van der Waals surface area contributed by atoms with Crippen LogP contribution in [0.25, 0.3) is 11.6 Å². The van der Waals surface area contributed by atoms with Crippen molar-refractivity contribution in [1.82, 2.24) is 15.1 Å². The number of hydrogen-bond acceptors (Lipinski definition) is 4. The van der Waals surface area contributed by atoms with E-state index in [0.29, 0.717) is 13.1 Å². The molecule has 3 aromatic carbocycles. The Morgan fingerprint density at radius 3 is 2.22 bits per heavy atom. The molecule has 0 radical (unpaired) electrons. The molecule has 1 N–H and O–H groups in total. The van der Waals surface area contributed by atoms with E-state index in [9.17, 15) is 0 Å². The smallest absolute Gasteiger partial charge is 0.131 e. The van der Waals surface area contributed by atoms with E-state index >= 15 is 0 Å². The Labute approximate surface area is 283 Å². The second-order valence-electron chi connectivity index (χ2n) is 11.4. The van der Waals surface area contributed by atoms with Gasteiger partial charge in [-0.15, -0.1) is 0 Å².